The van der Waals surface area contributed by atoms with E-state index in [1.54, 1.807) is 0 Å². The monoisotopic (exact) mass is 793 g/mol. The minimum absolute atomic E-state index is 0.873. The Hall–Kier alpha value is -7.94. The van der Waals surface area contributed by atoms with Crippen molar-refractivity contribution in [3.8, 4) is 55.6 Å². The van der Waals surface area contributed by atoms with Gasteiger partial charge in [0.25, 0.3) is 0 Å². The van der Waals surface area contributed by atoms with Crippen LogP contribution in [0.15, 0.2) is 229 Å². The van der Waals surface area contributed by atoms with Gasteiger partial charge >= 0.3 is 0 Å². The van der Waals surface area contributed by atoms with Crippen molar-refractivity contribution in [2.45, 2.75) is 13.8 Å². The third kappa shape index (κ3) is 6.82. The second kappa shape index (κ2) is 15.6. The summed E-state index contributed by atoms with van der Waals surface area (Å²) in [6.07, 6.45) is 0. The molecule has 2 nitrogen and oxygen atoms in total. The SMILES string of the molecule is Cc1cc(C)c2c(c1)oc1cc(N(c3ccc(-c4cc(-c5ccccc5)ccc4-c4ccccc4)cc3)c3ccc(-c4cc5ccccc5cc4-c4ccccc4)cc3)ccc12. The van der Waals surface area contributed by atoms with Gasteiger partial charge < -0.3 is 9.32 Å². The zero-order valence-corrected chi connectivity index (χ0v) is 34.7. The van der Waals surface area contributed by atoms with Crippen LogP contribution in [-0.4, -0.2) is 0 Å². The number of aryl methyl sites for hydroxylation is 2. The van der Waals surface area contributed by atoms with Crippen LogP contribution in [0.3, 0.4) is 0 Å². The van der Waals surface area contributed by atoms with Crippen molar-refractivity contribution in [1.82, 2.24) is 0 Å². The minimum atomic E-state index is 0.873. The van der Waals surface area contributed by atoms with Crippen LogP contribution in [0.2, 0.25) is 0 Å². The molecule has 0 saturated heterocycles. The molecule has 0 N–H and O–H groups in total. The smallest absolute Gasteiger partial charge is 0.137 e. The molecule has 294 valence electrons. The van der Waals surface area contributed by atoms with Gasteiger partial charge in [-0.05, 0) is 152 Å². The summed E-state index contributed by atoms with van der Waals surface area (Å²) < 4.78 is 6.60. The van der Waals surface area contributed by atoms with E-state index in [9.17, 15) is 0 Å². The van der Waals surface area contributed by atoms with E-state index in [4.69, 9.17) is 4.42 Å². The van der Waals surface area contributed by atoms with Crippen LogP contribution in [-0.2, 0) is 0 Å². The Kier molecular flexibility index (Phi) is 9.32. The van der Waals surface area contributed by atoms with Gasteiger partial charge in [0, 0.05) is 33.9 Å². The lowest BCUT2D eigenvalue weighted by molar-refractivity contribution is 0.668. The largest absolute Gasteiger partial charge is 0.456 e. The molecule has 0 saturated carbocycles. The molecule has 11 aromatic rings. The average molecular weight is 794 g/mol. The molecule has 0 aliphatic carbocycles. The van der Waals surface area contributed by atoms with Crippen LogP contribution in [0.1, 0.15) is 11.1 Å². The van der Waals surface area contributed by atoms with Crippen LogP contribution >= 0.6 is 0 Å². The maximum Gasteiger partial charge on any atom is 0.137 e. The average Bonchev–Trinajstić information content (AvgIpc) is 3.70. The fraction of sp³-hybridized carbons (Fsp3) is 0.0333. The lowest BCUT2D eigenvalue weighted by Crippen LogP contribution is -2.09. The molecule has 2 heteroatoms. The van der Waals surface area contributed by atoms with E-state index in [1.165, 1.54) is 77.4 Å². The van der Waals surface area contributed by atoms with Gasteiger partial charge in [0.1, 0.15) is 11.2 Å². The number of anilines is 3. The first-order valence-corrected chi connectivity index (χ1v) is 21.3. The molecule has 1 aromatic heterocycles. The van der Waals surface area contributed by atoms with Crippen molar-refractivity contribution >= 4 is 49.8 Å². The normalized spacial score (nSPS) is 11.4. The molecule has 0 aliphatic heterocycles. The first-order valence-electron chi connectivity index (χ1n) is 21.3. The molecule has 10 aromatic carbocycles. The number of benzene rings is 10. The Balaban J connectivity index is 1.05. The summed E-state index contributed by atoms with van der Waals surface area (Å²) in [6.45, 7) is 4.30. The lowest BCUT2D eigenvalue weighted by atomic mass is 9.91. The second-order valence-corrected chi connectivity index (χ2v) is 16.3. The third-order valence-electron chi connectivity index (χ3n) is 12.2. The summed E-state index contributed by atoms with van der Waals surface area (Å²) in [5.74, 6) is 0. The summed E-state index contributed by atoms with van der Waals surface area (Å²) in [4.78, 5) is 2.34. The van der Waals surface area contributed by atoms with Gasteiger partial charge in [-0.2, -0.15) is 0 Å². The predicted molar refractivity (Wildman–Crippen MR) is 263 cm³/mol. The molecule has 0 radical (unpaired) electrons. The summed E-state index contributed by atoms with van der Waals surface area (Å²) in [5, 5.41) is 4.76. The summed E-state index contributed by atoms with van der Waals surface area (Å²) in [6, 6.07) is 81.2. The van der Waals surface area contributed by atoms with Gasteiger partial charge in [0.05, 0.1) is 0 Å². The van der Waals surface area contributed by atoms with Crippen molar-refractivity contribution in [3.63, 3.8) is 0 Å². The van der Waals surface area contributed by atoms with E-state index < -0.39 is 0 Å². The van der Waals surface area contributed by atoms with Crippen molar-refractivity contribution in [3.05, 3.63) is 236 Å². The molecule has 0 bridgehead atoms. The number of nitrogens with zero attached hydrogens (tertiary/aromatic N) is 1. The van der Waals surface area contributed by atoms with Crippen LogP contribution in [0.25, 0.3) is 88.3 Å². The van der Waals surface area contributed by atoms with Gasteiger partial charge in [-0.15, -0.1) is 0 Å². The van der Waals surface area contributed by atoms with Crippen LogP contribution < -0.4 is 4.90 Å². The fourth-order valence-electron chi connectivity index (χ4n) is 9.24. The van der Waals surface area contributed by atoms with Crippen LogP contribution in [0, 0.1) is 13.8 Å². The van der Waals surface area contributed by atoms with Crippen molar-refractivity contribution in [2.75, 3.05) is 4.90 Å². The first-order chi connectivity index (χ1) is 30.5. The number of fused-ring (bicyclic) bond motifs is 4. The number of rotatable bonds is 8. The molecule has 11 rings (SSSR count). The highest BCUT2D eigenvalue weighted by molar-refractivity contribution is 6.08. The molecule has 0 unspecified atom stereocenters. The quantitative estimate of drug-likeness (QED) is 0.152. The molecule has 62 heavy (non-hydrogen) atoms. The topological polar surface area (TPSA) is 16.4 Å². The van der Waals surface area contributed by atoms with E-state index in [1.807, 2.05) is 0 Å². The highest BCUT2D eigenvalue weighted by Gasteiger charge is 2.19. The molecule has 0 spiro atoms. The standard InChI is InChI=1S/C60H43NO/c1-40-34-41(2)60-54-33-31-52(39-58(54)62-59(60)35-40)61(51-29-24-46(25-30-51)57-37-48-21-13-12-20-47(48)36-56(57)44-18-10-5-11-19-44)50-27-22-45(23-28-50)55-38-49(42-14-6-3-7-15-42)26-32-53(55)43-16-8-4-9-17-43/h3-39H,1-2H3. The van der Waals surface area contributed by atoms with Gasteiger partial charge in [-0.1, -0.05) is 158 Å². The van der Waals surface area contributed by atoms with Crippen molar-refractivity contribution in [1.29, 1.82) is 0 Å². The van der Waals surface area contributed by atoms with Gasteiger partial charge in [0.2, 0.25) is 0 Å². The highest BCUT2D eigenvalue weighted by atomic mass is 16.3. The highest BCUT2D eigenvalue weighted by Crippen LogP contribution is 2.43. The second-order valence-electron chi connectivity index (χ2n) is 16.3. The molecule has 0 aliphatic rings. The van der Waals surface area contributed by atoms with Gasteiger partial charge in [0.15, 0.2) is 0 Å². The molecular formula is C60H43NO. The van der Waals surface area contributed by atoms with E-state index >= 15 is 0 Å². The van der Waals surface area contributed by atoms with E-state index in [0.29, 0.717) is 0 Å². The lowest BCUT2D eigenvalue weighted by Gasteiger charge is -2.26. The molecule has 1 heterocycles. The third-order valence-corrected chi connectivity index (χ3v) is 12.2. The molecule has 0 amide bonds. The predicted octanol–water partition coefficient (Wildman–Crippen LogP) is 17.2. The minimum Gasteiger partial charge on any atom is -0.456 e. The van der Waals surface area contributed by atoms with E-state index in [0.717, 1.165) is 39.2 Å². The number of hydrogen-bond acceptors (Lipinski definition) is 2. The van der Waals surface area contributed by atoms with E-state index in [2.05, 4.69) is 243 Å². The summed E-state index contributed by atoms with van der Waals surface area (Å²) >= 11 is 0. The van der Waals surface area contributed by atoms with Gasteiger partial charge in [-0.3, -0.25) is 0 Å². The Bertz CT molecular complexity index is 3380. The Morgan fingerprint density at radius 3 is 1.37 bits per heavy atom. The van der Waals surface area contributed by atoms with Crippen molar-refractivity contribution in [2.24, 2.45) is 0 Å². The van der Waals surface area contributed by atoms with Gasteiger partial charge in [-0.25, -0.2) is 0 Å². The summed E-state index contributed by atoms with van der Waals surface area (Å²) in [5.41, 5.74) is 19.3. The number of furan rings is 1. The van der Waals surface area contributed by atoms with Crippen LogP contribution in [0.4, 0.5) is 17.1 Å². The summed E-state index contributed by atoms with van der Waals surface area (Å²) in [7, 11) is 0. The molecule has 0 atom stereocenters. The van der Waals surface area contributed by atoms with E-state index in [-0.39, 0.29) is 0 Å². The Morgan fingerprint density at radius 1 is 0.323 bits per heavy atom. The first kappa shape index (κ1) is 37.1. The zero-order valence-electron chi connectivity index (χ0n) is 34.7. The zero-order chi connectivity index (χ0) is 41.6. The Labute approximate surface area is 362 Å². The van der Waals surface area contributed by atoms with Crippen molar-refractivity contribution < 1.29 is 4.42 Å². The molecular weight excluding hydrogens is 751 g/mol. The molecule has 0 fully saturated rings. The number of hydrogen-bond donors (Lipinski definition) is 0. The maximum atomic E-state index is 6.60. The Morgan fingerprint density at radius 2 is 0.790 bits per heavy atom. The maximum absolute atomic E-state index is 6.60. The van der Waals surface area contributed by atoms with Crippen LogP contribution in [0.5, 0.6) is 0 Å². The fourth-order valence-corrected chi connectivity index (χ4v) is 9.24.